The smallest absolute Gasteiger partial charge is 0.391 e. The highest BCUT2D eigenvalue weighted by Gasteiger charge is 2.33. The van der Waals surface area contributed by atoms with E-state index in [9.17, 15) is 18.0 Å². The molecule has 4 N–H and O–H groups in total. The van der Waals surface area contributed by atoms with E-state index in [0.717, 1.165) is 16.7 Å². The van der Waals surface area contributed by atoms with E-state index < -0.39 is 33.6 Å². The number of nitrogens with one attached hydrogen (secondary N) is 2. The number of nitrogens with zero attached hydrogens (tertiary/aromatic N) is 1. The summed E-state index contributed by atoms with van der Waals surface area (Å²) in [5, 5.41) is 5.99. The number of halogens is 1. The summed E-state index contributed by atoms with van der Waals surface area (Å²) >= 11 is 3.20. The first kappa shape index (κ1) is 22.9. The largest absolute Gasteiger partial charge is 0.434 e. The zero-order chi connectivity index (χ0) is 22.9. The van der Waals surface area contributed by atoms with E-state index in [1.165, 1.54) is 18.2 Å². The van der Waals surface area contributed by atoms with Crippen LogP contribution in [0.4, 0.5) is 0 Å². The Morgan fingerprint density at radius 2 is 1.97 bits per heavy atom. The van der Waals surface area contributed by atoms with Crippen LogP contribution in [-0.2, 0) is 10.0 Å². The minimum absolute atomic E-state index is 0.125. The molecule has 2 aromatic carbocycles. The number of aromatic amines is 1. The molecule has 1 amide bonds. The molecular weight excluding hydrogens is 488 g/mol. The molecule has 2 atom stereocenters. The predicted molar refractivity (Wildman–Crippen MR) is 117 cm³/mol. The number of rotatable bonds is 7. The van der Waals surface area contributed by atoms with Crippen molar-refractivity contribution in [1.82, 2.24) is 14.9 Å². The van der Waals surface area contributed by atoms with E-state index in [1.54, 1.807) is 6.92 Å². The van der Waals surface area contributed by atoms with Crippen LogP contribution >= 0.6 is 15.9 Å². The molecule has 11 heteroatoms. The van der Waals surface area contributed by atoms with Gasteiger partial charge in [-0.15, -0.1) is 5.10 Å². The van der Waals surface area contributed by atoms with E-state index in [1.807, 2.05) is 32.0 Å². The zero-order valence-electron chi connectivity index (χ0n) is 17.0. The second kappa shape index (κ2) is 8.77. The highest BCUT2D eigenvalue weighted by Crippen LogP contribution is 2.34. The van der Waals surface area contributed by atoms with Crippen molar-refractivity contribution in [1.29, 1.82) is 0 Å². The number of nitrogens with two attached hydrogens (primary N) is 1. The quantitative estimate of drug-likeness (QED) is 0.446. The van der Waals surface area contributed by atoms with Gasteiger partial charge in [-0.1, -0.05) is 41.1 Å². The van der Waals surface area contributed by atoms with Crippen molar-refractivity contribution in [2.75, 3.05) is 0 Å². The number of aromatic nitrogens is 2. The molecule has 1 heterocycles. The van der Waals surface area contributed by atoms with Gasteiger partial charge in [0.05, 0.1) is 10.5 Å². The van der Waals surface area contributed by atoms with Gasteiger partial charge in [-0.05, 0) is 48.7 Å². The number of aryl methyl sites for hydroxylation is 1. The first-order valence-electron chi connectivity index (χ1n) is 9.24. The second-order valence-corrected chi connectivity index (χ2v) is 9.73. The van der Waals surface area contributed by atoms with E-state index in [0.29, 0.717) is 4.47 Å². The van der Waals surface area contributed by atoms with Gasteiger partial charge < -0.3 is 10.2 Å². The first-order chi connectivity index (χ1) is 14.5. The van der Waals surface area contributed by atoms with Crippen molar-refractivity contribution in [3.63, 3.8) is 0 Å². The summed E-state index contributed by atoms with van der Waals surface area (Å²) in [6.07, 6.45) is 0. The summed E-state index contributed by atoms with van der Waals surface area (Å²) in [6.45, 7) is 5.66. The Balaban J connectivity index is 2.11. The minimum Gasteiger partial charge on any atom is -0.391 e. The lowest BCUT2D eigenvalue weighted by molar-refractivity contribution is 0.0997. The molecule has 31 heavy (non-hydrogen) atoms. The van der Waals surface area contributed by atoms with Gasteiger partial charge in [-0.2, -0.15) is 4.72 Å². The normalized spacial score (nSPS) is 13.7. The Bertz CT molecular complexity index is 1300. The molecule has 0 aliphatic heterocycles. The monoisotopic (exact) mass is 508 g/mol. The minimum atomic E-state index is -4.25. The lowest BCUT2D eigenvalue weighted by Gasteiger charge is -2.25. The second-order valence-electron chi connectivity index (χ2n) is 7.13. The summed E-state index contributed by atoms with van der Waals surface area (Å²) in [5.41, 5.74) is 8.05. The molecule has 0 fully saturated rings. The molecule has 3 rings (SSSR count). The van der Waals surface area contributed by atoms with Crippen molar-refractivity contribution in [2.24, 2.45) is 5.73 Å². The number of carbonyl (C=O) groups is 1. The number of hydrogen-bond acceptors (Lipinski definition) is 6. The van der Waals surface area contributed by atoms with Crippen molar-refractivity contribution >= 4 is 31.9 Å². The molecule has 1 aromatic heterocycles. The van der Waals surface area contributed by atoms with Crippen molar-refractivity contribution in [3.8, 4) is 0 Å². The third-order valence-corrected chi connectivity index (χ3v) is 7.13. The number of primary amides is 1. The summed E-state index contributed by atoms with van der Waals surface area (Å²) in [7, 11) is -4.25. The topological polar surface area (TPSA) is 148 Å². The highest BCUT2D eigenvalue weighted by molar-refractivity contribution is 9.10. The Hall–Kier alpha value is -2.76. The van der Waals surface area contributed by atoms with E-state index in [2.05, 4.69) is 30.8 Å². The van der Waals surface area contributed by atoms with Crippen LogP contribution in [-0.4, -0.2) is 24.5 Å². The summed E-state index contributed by atoms with van der Waals surface area (Å²) in [6, 6.07) is 8.73. The zero-order valence-corrected chi connectivity index (χ0v) is 19.4. The molecule has 9 nitrogen and oxygen atoms in total. The summed E-state index contributed by atoms with van der Waals surface area (Å²) in [4.78, 5) is 23.1. The number of H-pyrrole nitrogens is 1. The maximum Gasteiger partial charge on any atom is 0.434 e. The summed E-state index contributed by atoms with van der Waals surface area (Å²) in [5.74, 6) is -2.30. The van der Waals surface area contributed by atoms with Crippen LogP contribution in [0.15, 0.2) is 55.0 Å². The maximum atomic E-state index is 13.3. The third kappa shape index (κ3) is 4.78. The van der Waals surface area contributed by atoms with Crippen molar-refractivity contribution in [2.45, 2.75) is 37.6 Å². The van der Waals surface area contributed by atoms with Crippen LogP contribution in [0.2, 0.25) is 0 Å². The average molecular weight is 509 g/mol. The fraction of sp³-hybridized carbons (Fsp3) is 0.250. The number of hydrogen-bond donors (Lipinski definition) is 3. The van der Waals surface area contributed by atoms with Gasteiger partial charge in [0, 0.05) is 10.4 Å². The molecule has 164 valence electrons. The van der Waals surface area contributed by atoms with E-state index in [-0.39, 0.29) is 16.3 Å². The maximum absolute atomic E-state index is 13.3. The fourth-order valence-corrected chi connectivity index (χ4v) is 5.17. The Labute approximate surface area is 187 Å². The van der Waals surface area contributed by atoms with E-state index >= 15 is 0 Å². The number of amides is 1. The van der Waals surface area contributed by atoms with Gasteiger partial charge in [0.2, 0.25) is 21.8 Å². The van der Waals surface area contributed by atoms with Gasteiger partial charge >= 0.3 is 5.76 Å². The van der Waals surface area contributed by atoms with Crippen LogP contribution in [0.5, 0.6) is 0 Å². The first-order valence-corrected chi connectivity index (χ1v) is 11.5. The molecule has 0 aliphatic rings. The highest BCUT2D eigenvalue weighted by atomic mass is 79.9. The molecular formula is C20H21BrN4O5S. The molecule has 0 spiro atoms. The van der Waals surface area contributed by atoms with Gasteiger partial charge in [-0.25, -0.2) is 18.3 Å². The van der Waals surface area contributed by atoms with Crippen LogP contribution < -0.4 is 16.2 Å². The third-order valence-electron chi connectivity index (χ3n) is 5.14. The molecule has 3 aromatic rings. The van der Waals surface area contributed by atoms with Crippen LogP contribution in [0.3, 0.4) is 0 Å². The standard InChI is InChI=1S/C20H21BrN4O5S/c1-10-5-4-6-14(11(10)2)12(3)17(19-23-24-20(27)30-19)25-31(28,29)16-8-7-13(21)9-15(16)18(22)26/h4-9,12,17,25H,1-3H3,(H2,22,26)(H,24,27)/t12-,17+/m1/s1. The lowest BCUT2D eigenvalue weighted by atomic mass is 9.88. The average Bonchev–Trinajstić information content (AvgIpc) is 3.13. The summed E-state index contributed by atoms with van der Waals surface area (Å²) < 4.78 is 34.6. The predicted octanol–water partition coefficient (Wildman–Crippen LogP) is 2.66. The molecule has 0 aliphatic carbocycles. The molecule has 0 radical (unpaired) electrons. The molecule has 0 bridgehead atoms. The van der Waals surface area contributed by atoms with Crippen LogP contribution in [0.25, 0.3) is 0 Å². The number of carbonyl (C=O) groups excluding carboxylic acids is 1. The Morgan fingerprint density at radius 3 is 2.58 bits per heavy atom. The Morgan fingerprint density at radius 1 is 1.26 bits per heavy atom. The number of benzene rings is 2. The van der Waals surface area contributed by atoms with Gasteiger partial charge in [-0.3, -0.25) is 4.79 Å². The van der Waals surface area contributed by atoms with Gasteiger partial charge in [0.15, 0.2) is 0 Å². The number of sulfonamides is 1. The molecule has 0 unspecified atom stereocenters. The van der Waals surface area contributed by atoms with E-state index in [4.69, 9.17) is 10.2 Å². The van der Waals surface area contributed by atoms with Crippen LogP contribution in [0.1, 0.15) is 51.8 Å². The Kier molecular flexibility index (Phi) is 6.48. The molecule has 0 saturated carbocycles. The fourth-order valence-electron chi connectivity index (χ4n) is 3.35. The van der Waals surface area contributed by atoms with Crippen molar-refractivity contribution < 1.29 is 17.6 Å². The van der Waals surface area contributed by atoms with Gasteiger partial charge in [0.1, 0.15) is 6.04 Å². The SMILES string of the molecule is Cc1cccc([C@@H](C)[C@H](NS(=O)(=O)c2ccc(Br)cc2C(N)=O)c2n[nH]c(=O)o2)c1C. The lowest BCUT2D eigenvalue weighted by Crippen LogP contribution is -2.34. The van der Waals surface area contributed by atoms with Crippen molar-refractivity contribution in [3.05, 3.63) is 79.6 Å². The van der Waals surface area contributed by atoms with Gasteiger partial charge in [0.25, 0.3) is 0 Å². The van der Waals surface area contributed by atoms with Crippen LogP contribution in [0, 0.1) is 13.8 Å². The molecule has 0 saturated heterocycles.